The van der Waals surface area contributed by atoms with Crippen molar-refractivity contribution in [1.29, 1.82) is 0 Å². The average molecular weight is 361 g/mol. The van der Waals surface area contributed by atoms with Gasteiger partial charge >= 0.3 is 0 Å². The van der Waals surface area contributed by atoms with Gasteiger partial charge in [-0.2, -0.15) is 0 Å². The van der Waals surface area contributed by atoms with E-state index >= 15 is 0 Å². The predicted octanol–water partition coefficient (Wildman–Crippen LogP) is 3.04. The van der Waals surface area contributed by atoms with Crippen LogP contribution >= 0.6 is 0 Å². The fourth-order valence-electron chi connectivity index (χ4n) is 2.39. The fourth-order valence-corrected chi connectivity index (χ4v) is 3.02. The van der Waals surface area contributed by atoms with E-state index in [2.05, 4.69) is 5.32 Å². The van der Waals surface area contributed by atoms with E-state index in [9.17, 15) is 13.2 Å². The number of hydrogen-bond donors (Lipinski definition) is 1. The second-order valence-electron chi connectivity index (χ2n) is 5.97. The standard InChI is InChI=1S/C19H23NO4S/c1-4-18(15-7-11-17(12-8-15)25(3,22)23)20-19(21)13-24-16-9-5-14(2)6-10-16/h5-12,18H,4,13H2,1-3H3,(H,20,21)/t18-/m0/s1. The summed E-state index contributed by atoms with van der Waals surface area (Å²) in [6, 6.07) is 13.9. The Hall–Kier alpha value is -2.34. The van der Waals surface area contributed by atoms with Gasteiger partial charge in [-0.3, -0.25) is 4.79 Å². The Morgan fingerprint density at radius 1 is 1.08 bits per heavy atom. The maximum atomic E-state index is 12.1. The first-order chi connectivity index (χ1) is 11.8. The molecular formula is C19H23NO4S. The van der Waals surface area contributed by atoms with E-state index in [1.807, 2.05) is 38.1 Å². The molecular weight excluding hydrogens is 338 g/mol. The summed E-state index contributed by atoms with van der Waals surface area (Å²) in [7, 11) is -3.22. The largest absolute Gasteiger partial charge is 0.484 e. The van der Waals surface area contributed by atoms with Gasteiger partial charge in [0.05, 0.1) is 10.9 Å². The highest BCUT2D eigenvalue weighted by molar-refractivity contribution is 7.90. The van der Waals surface area contributed by atoms with Crippen LogP contribution in [0, 0.1) is 6.92 Å². The van der Waals surface area contributed by atoms with E-state index in [4.69, 9.17) is 4.74 Å². The molecule has 0 aliphatic rings. The van der Waals surface area contributed by atoms with Crippen LogP contribution in [-0.4, -0.2) is 27.2 Å². The van der Waals surface area contributed by atoms with Crippen molar-refractivity contribution < 1.29 is 17.9 Å². The van der Waals surface area contributed by atoms with E-state index in [0.717, 1.165) is 11.1 Å². The Balaban J connectivity index is 1.96. The first kappa shape index (κ1) is 19.0. The van der Waals surface area contributed by atoms with Crippen molar-refractivity contribution in [2.45, 2.75) is 31.2 Å². The monoisotopic (exact) mass is 361 g/mol. The van der Waals surface area contributed by atoms with Gasteiger partial charge in [0.1, 0.15) is 5.75 Å². The highest BCUT2D eigenvalue weighted by atomic mass is 32.2. The van der Waals surface area contributed by atoms with Gasteiger partial charge in [-0.05, 0) is 43.2 Å². The summed E-state index contributed by atoms with van der Waals surface area (Å²) in [5.74, 6) is 0.422. The van der Waals surface area contributed by atoms with Gasteiger partial charge in [0, 0.05) is 6.26 Å². The molecule has 2 aromatic rings. The normalized spacial score (nSPS) is 12.4. The zero-order valence-corrected chi connectivity index (χ0v) is 15.5. The Morgan fingerprint density at radius 2 is 1.68 bits per heavy atom. The van der Waals surface area contributed by atoms with E-state index in [-0.39, 0.29) is 23.5 Å². The maximum absolute atomic E-state index is 12.1. The molecule has 0 saturated carbocycles. The van der Waals surface area contributed by atoms with E-state index in [0.29, 0.717) is 12.2 Å². The number of carbonyl (C=O) groups is 1. The van der Waals surface area contributed by atoms with Crippen LogP contribution < -0.4 is 10.1 Å². The Kier molecular flexibility index (Phi) is 6.20. The molecule has 0 bridgehead atoms. The van der Waals surface area contributed by atoms with Gasteiger partial charge < -0.3 is 10.1 Å². The molecule has 0 radical (unpaired) electrons. The number of nitrogens with one attached hydrogen (secondary N) is 1. The first-order valence-electron chi connectivity index (χ1n) is 8.08. The molecule has 1 N–H and O–H groups in total. The molecule has 0 aromatic heterocycles. The predicted molar refractivity (Wildman–Crippen MR) is 97.4 cm³/mol. The minimum absolute atomic E-state index is 0.0685. The smallest absolute Gasteiger partial charge is 0.258 e. The molecule has 1 atom stereocenters. The van der Waals surface area contributed by atoms with Gasteiger partial charge in [0.15, 0.2) is 16.4 Å². The summed E-state index contributed by atoms with van der Waals surface area (Å²) in [6.45, 7) is 3.87. The number of aryl methyl sites for hydroxylation is 1. The molecule has 0 aliphatic heterocycles. The molecule has 2 rings (SSSR count). The van der Waals surface area contributed by atoms with Crippen molar-refractivity contribution in [2.24, 2.45) is 0 Å². The lowest BCUT2D eigenvalue weighted by Gasteiger charge is -2.18. The van der Waals surface area contributed by atoms with Crippen molar-refractivity contribution in [2.75, 3.05) is 12.9 Å². The van der Waals surface area contributed by atoms with Crippen LogP contribution in [0.2, 0.25) is 0 Å². The Labute approximate surface area is 148 Å². The molecule has 1 amide bonds. The van der Waals surface area contributed by atoms with E-state index < -0.39 is 9.84 Å². The van der Waals surface area contributed by atoms with Crippen LogP contribution in [-0.2, 0) is 14.6 Å². The number of hydrogen-bond acceptors (Lipinski definition) is 4. The lowest BCUT2D eigenvalue weighted by molar-refractivity contribution is -0.123. The molecule has 0 heterocycles. The number of carbonyl (C=O) groups excluding carboxylic acids is 1. The second-order valence-corrected chi connectivity index (χ2v) is 7.99. The summed E-state index contributed by atoms with van der Waals surface area (Å²) in [4.78, 5) is 12.4. The quantitative estimate of drug-likeness (QED) is 0.823. The van der Waals surface area contributed by atoms with E-state index in [1.165, 1.54) is 6.26 Å². The average Bonchev–Trinajstić information content (AvgIpc) is 2.58. The van der Waals surface area contributed by atoms with Crippen LogP contribution in [0.4, 0.5) is 0 Å². The third-order valence-electron chi connectivity index (χ3n) is 3.85. The van der Waals surface area contributed by atoms with Crippen molar-refractivity contribution in [1.82, 2.24) is 5.32 Å². The van der Waals surface area contributed by atoms with Crippen LogP contribution in [0.15, 0.2) is 53.4 Å². The maximum Gasteiger partial charge on any atom is 0.258 e. The van der Waals surface area contributed by atoms with Crippen molar-refractivity contribution in [3.63, 3.8) is 0 Å². The molecule has 25 heavy (non-hydrogen) atoms. The zero-order valence-electron chi connectivity index (χ0n) is 14.7. The molecule has 0 fully saturated rings. The van der Waals surface area contributed by atoms with Gasteiger partial charge in [-0.25, -0.2) is 8.42 Å². The lowest BCUT2D eigenvalue weighted by atomic mass is 10.0. The summed E-state index contributed by atoms with van der Waals surface area (Å²) in [5.41, 5.74) is 1.99. The first-order valence-corrected chi connectivity index (χ1v) is 9.97. The summed E-state index contributed by atoms with van der Waals surface area (Å²) < 4.78 is 28.5. The third-order valence-corrected chi connectivity index (χ3v) is 4.97. The molecule has 0 unspecified atom stereocenters. The molecule has 134 valence electrons. The molecule has 6 heteroatoms. The van der Waals surface area contributed by atoms with Crippen LogP contribution in [0.3, 0.4) is 0 Å². The minimum Gasteiger partial charge on any atom is -0.484 e. The number of amides is 1. The fraction of sp³-hybridized carbons (Fsp3) is 0.316. The van der Waals surface area contributed by atoms with Crippen LogP contribution in [0.5, 0.6) is 5.75 Å². The molecule has 0 spiro atoms. The highest BCUT2D eigenvalue weighted by Gasteiger charge is 2.14. The zero-order chi connectivity index (χ0) is 18.4. The van der Waals surface area contributed by atoms with Crippen molar-refractivity contribution >= 4 is 15.7 Å². The number of sulfone groups is 1. The number of benzene rings is 2. The Bertz CT molecular complexity index is 812. The van der Waals surface area contributed by atoms with Gasteiger partial charge in [-0.1, -0.05) is 36.8 Å². The van der Waals surface area contributed by atoms with E-state index in [1.54, 1.807) is 24.3 Å². The van der Waals surface area contributed by atoms with Gasteiger partial charge in [0.2, 0.25) is 0 Å². The lowest BCUT2D eigenvalue weighted by Crippen LogP contribution is -2.32. The summed E-state index contributed by atoms with van der Waals surface area (Å²) >= 11 is 0. The van der Waals surface area contributed by atoms with Crippen LogP contribution in [0.1, 0.15) is 30.5 Å². The Morgan fingerprint density at radius 3 is 2.20 bits per heavy atom. The molecule has 5 nitrogen and oxygen atoms in total. The highest BCUT2D eigenvalue weighted by Crippen LogP contribution is 2.19. The van der Waals surface area contributed by atoms with Gasteiger partial charge in [0.25, 0.3) is 5.91 Å². The van der Waals surface area contributed by atoms with Crippen molar-refractivity contribution in [3.05, 3.63) is 59.7 Å². The topological polar surface area (TPSA) is 72.5 Å². The molecule has 0 saturated heterocycles. The van der Waals surface area contributed by atoms with Crippen LogP contribution in [0.25, 0.3) is 0 Å². The second kappa shape index (κ2) is 8.16. The minimum atomic E-state index is -3.22. The summed E-state index contributed by atoms with van der Waals surface area (Å²) in [6.07, 6.45) is 1.86. The van der Waals surface area contributed by atoms with Gasteiger partial charge in [-0.15, -0.1) is 0 Å². The SMILES string of the molecule is CC[C@H](NC(=O)COc1ccc(C)cc1)c1ccc(S(C)(=O)=O)cc1. The number of ether oxygens (including phenoxy) is 1. The molecule has 0 aliphatic carbocycles. The summed E-state index contributed by atoms with van der Waals surface area (Å²) in [5, 5.41) is 2.91. The molecule has 2 aromatic carbocycles. The van der Waals surface area contributed by atoms with Crippen molar-refractivity contribution in [3.8, 4) is 5.75 Å². The third kappa shape index (κ3) is 5.60. The number of rotatable bonds is 7.